The van der Waals surface area contributed by atoms with Crippen molar-refractivity contribution in [1.82, 2.24) is 25.2 Å². The molecule has 47 heavy (non-hydrogen) atoms. The number of aromatic nitrogens is 3. The first-order valence-corrected chi connectivity index (χ1v) is 15.1. The number of carboxylic acid groups (broad SMARTS) is 1. The van der Waals surface area contributed by atoms with Crippen LogP contribution in [0.25, 0.3) is 21.7 Å². The van der Waals surface area contributed by atoms with Gasteiger partial charge in [-0.3, -0.25) is 9.59 Å². The molecular formula is C35H38N6O6. The van der Waals surface area contributed by atoms with Crippen molar-refractivity contribution in [3.63, 3.8) is 0 Å². The van der Waals surface area contributed by atoms with Crippen molar-refractivity contribution in [2.24, 2.45) is 0 Å². The molecule has 0 fully saturated rings. The Morgan fingerprint density at radius 2 is 1.66 bits per heavy atom. The van der Waals surface area contributed by atoms with E-state index in [9.17, 15) is 24.3 Å². The third-order valence-electron chi connectivity index (χ3n) is 7.58. The van der Waals surface area contributed by atoms with Crippen LogP contribution in [0.4, 0.5) is 10.6 Å². The number of nitrogens with zero attached hydrogens (tertiary/aromatic N) is 2. The SMILES string of the molecule is CC(C)(C)OC(=O)NC(C)(C)C(=O)N[C@H](Cc1c[nH]c2ccccc12)C(=O)Nc1cn(C(C(=O)O)c2ccc3ccccc3c2)cn1. The second-order valence-electron chi connectivity index (χ2n) is 12.9. The van der Waals surface area contributed by atoms with Gasteiger partial charge in [0, 0.05) is 29.7 Å². The van der Waals surface area contributed by atoms with E-state index < -0.39 is 47.1 Å². The van der Waals surface area contributed by atoms with E-state index in [0.29, 0.717) is 5.56 Å². The Morgan fingerprint density at radius 1 is 0.957 bits per heavy atom. The Kier molecular flexibility index (Phi) is 9.05. The van der Waals surface area contributed by atoms with Crippen LogP contribution in [0.1, 0.15) is 51.8 Å². The summed E-state index contributed by atoms with van der Waals surface area (Å²) in [6, 6.07) is 18.4. The third kappa shape index (κ3) is 7.78. The molecule has 0 saturated heterocycles. The summed E-state index contributed by atoms with van der Waals surface area (Å²) in [7, 11) is 0. The average molecular weight is 639 g/mol. The molecule has 2 aromatic heterocycles. The molecule has 0 radical (unpaired) electrons. The molecule has 5 N–H and O–H groups in total. The van der Waals surface area contributed by atoms with Gasteiger partial charge in [0.05, 0.1) is 6.33 Å². The van der Waals surface area contributed by atoms with Crippen LogP contribution < -0.4 is 16.0 Å². The fourth-order valence-corrected chi connectivity index (χ4v) is 5.26. The maximum Gasteiger partial charge on any atom is 0.408 e. The summed E-state index contributed by atoms with van der Waals surface area (Å²) in [6.07, 6.45) is 3.88. The first-order chi connectivity index (χ1) is 22.2. The number of alkyl carbamates (subject to hydrolysis) is 1. The van der Waals surface area contributed by atoms with Gasteiger partial charge < -0.3 is 35.3 Å². The molecule has 3 amide bonds. The van der Waals surface area contributed by atoms with Crippen molar-refractivity contribution in [3.8, 4) is 0 Å². The van der Waals surface area contributed by atoms with Crippen LogP contribution in [0.2, 0.25) is 0 Å². The lowest BCUT2D eigenvalue weighted by Gasteiger charge is -2.29. The number of benzene rings is 3. The maximum absolute atomic E-state index is 13.8. The molecule has 244 valence electrons. The smallest absolute Gasteiger partial charge is 0.408 e. The van der Waals surface area contributed by atoms with E-state index in [0.717, 1.165) is 27.2 Å². The summed E-state index contributed by atoms with van der Waals surface area (Å²) in [6.45, 7) is 8.15. The number of ether oxygens (including phenoxy) is 1. The number of amides is 3. The number of carboxylic acids is 1. The molecule has 5 aromatic rings. The quantitative estimate of drug-likeness (QED) is 0.141. The Morgan fingerprint density at radius 3 is 2.38 bits per heavy atom. The Hall–Kier alpha value is -5.65. The van der Waals surface area contributed by atoms with E-state index in [1.807, 2.05) is 60.7 Å². The van der Waals surface area contributed by atoms with E-state index in [4.69, 9.17) is 4.74 Å². The summed E-state index contributed by atoms with van der Waals surface area (Å²) < 4.78 is 6.72. The van der Waals surface area contributed by atoms with Crippen LogP contribution in [0.5, 0.6) is 0 Å². The van der Waals surface area contributed by atoms with Crippen molar-refractivity contribution in [3.05, 3.63) is 96.6 Å². The second-order valence-corrected chi connectivity index (χ2v) is 12.9. The van der Waals surface area contributed by atoms with Gasteiger partial charge in [0.15, 0.2) is 11.9 Å². The molecule has 3 aromatic carbocycles. The Labute approximate surface area is 271 Å². The number of hydrogen-bond donors (Lipinski definition) is 5. The number of nitrogens with one attached hydrogen (secondary N) is 4. The average Bonchev–Trinajstić information content (AvgIpc) is 3.62. The zero-order valence-corrected chi connectivity index (χ0v) is 26.8. The number of rotatable bonds is 10. The molecule has 0 bridgehead atoms. The number of para-hydroxylation sites is 1. The second kappa shape index (κ2) is 13.0. The van der Waals surface area contributed by atoms with Gasteiger partial charge in [-0.1, -0.05) is 54.6 Å². The molecule has 5 rings (SSSR count). The number of H-pyrrole nitrogens is 1. The minimum absolute atomic E-state index is 0.103. The summed E-state index contributed by atoms with van der Waals surface area (Å²) >= 11 is 0. The molecule has 0 aliphatic rings. The highest BCUT2D eigenvalue weighted by Crippen LogP contribution is 2.25. The number of carbonyl (C=O) groups is 4. The van der Waals surface area contributed by atoms with Crippen molar-refractivity contribution < 1.29 is 29.0 Å². The number of aliphatic carboxylic acids is 1. The van der Waals surface area contributed by atoms with Crippen molar-refractivity contribution in [1.29, 1.82) is 0 Å². The molecule has 0 spiro atoms. The highest BCUT2D eigenvalue weighted by atomic mass is 16.6. The minimum Gasteiger partial charge on any atom is -0.479 e. The van der Waals surface area contributed by atoms with Crippen LogP contribution in [0.3, 0.4) is 0 Å². The zero-order valence-electron chi connectivity index (χ0n) is 26.8. The summed E-state index contributed by atoms with van der Waals surface area (Å²) in [5.74, 6) is -2.19. The predicted molar refractivity (Wildman–Crippen MR) is 178 cm³/mol. The fraction of sp³-hybridized carbons (Fsp3) is 0.286. The Bertz CT molecular complexity index is 1950. The highest BCUT2D eigenvalue weighted by molar-refractivity contribution is 5.99. The lowest BCUT2D eigenvalue weighted by atomic mass is 10.0. The van der Waals surface area contributed by atoms with Crippen LogP contribution in [-0.2, 0) is 25.5 Å². The van der Waals surface area contributed by atoms with Gasteiger partial charge in [-0.15, -0.1) is 0 Å². The minimum atomic E-state index is -1.43. The standard InChI is InChI=1S/C35H38N6O6/c1-34(2,3)47-33(46)40-35(4,5)32(45)38-27(17-24-18-36-26-13-9-8-12-25(24)26)30(42)39-28-19-41(20-37-28)29(31(43)44)23-15-14-21-10-6-7-11-22(21)16-23/h6-16,18-20,27,29,36H,17H2,1-5H3,(H,38,45)(H,39,42)(H,40,46)(H,43,44)/t27-,29?/m1/s1. The van der Waals surface area contributed by atoms with Gasteiger partial charge in [-0.05, 0) is 68.7 Å². The first kappa shape index (κ1) is 32.7. The van der Waals surface area contributed by atoms with Crippen LogP contribution >= 0.6 is 0 Å². The van der Waals surface area contributed by atoms with Gasteiger partial charge in [0.1, 0.15) is 17.2 Å². The summed E-state index contributed by atoms with van der Waals surface area (Å²) in [4.78, 5) is 59.6. The topological polar surface area (TPSA) is 167 Å². The maximum atomic E-state index is 13.8. The number of aromatic amines is 1. The highest BCUT2D eigenvalue weighted by Gasteiger charge is 2.35. The lowest BCUT2D eigenvalue weighted by molar-refractivity contribution is -0.139. The molecule has 0 saturated carbocycles. The molecule has 0 aliphatic heterocycles. The normalized spacial score (nSPS) is 13.1. The summed E-state index contributed by atoms with van der Waals surface area (Å²) in [5.41, 5.74) is -0.0161. The van der Waals surface area contributed by atoms with Gasteiger partial charge in [-0.2, -0.15) is 0 Å². The number of hydrogen-bond acceptors (Lipinski definition) is 6. The first-order valence-electron chi connectivity index (χ1n) is 15.1. The number of anilines is 1. The van der Waals surface area contributed by atoms with Crippen molar-refractivity contribution in [2.75, 3.05) is 5.32 Å². The number of carbonyl (C=O) groups excluding carboxylic acids is 3. The molecule has 2 heterocycles. The van der Waals surface area contributed by atoms with Gasteiger partial charge in [0.2, 0.25) is 11.8 Å². The lowest BCUT2D eigenvalue weighted by Crippen LogP contribution is -2.59. The van der Waals surface area contributed by atoms with Gasteiger partial charge >= 0.3 is 12.1 Å². The summed E-state index contributed by atoms with van der Waals surface area (Å²) in [5, 5.41) is 21.0. The van der Waals surface area contributed by atoms with Gasteiger partial charge in [-0.25, -0.2) is 14.6 Å². The Balaban J connectivity index is 1.38. The molecule has 12 heteroatoms. The predicted octanol–water partition coefficient (Wildman–Crippen LogP) is 5.16. The van der Waals surface area contributed by atoms with E-state index in [1.54, 1.807) is 33.0 Å². The van der Waals surface area contributed by atoms with E-state index >= 15 is 0 Å². The van der Waals surface area contributed by atoms with Crippen LogP contribution in [-0.4, -0.2) is 60.7 Å². The third-order valence-corrected chi connectivity index (χ3v) is 7.58. The van der Waals surface area contributed by atoms with E-state index in [-0.39, 0.29) is 12.2 Å². The number of fused-ring (bicyclic) bond motifs is 2. The van der Waals surface area contributed by atoms with E-state index in [2.05, 4.69) is 25.9 Å². The van der Waals surface area contributed by atoms with Crippen molar-refractivity contribution >= 4 is 51.4 Å². The fourth-order valence-electron chi connectivity index (χ4n) is 5.26. The van der Waals surface area contributed by atoms with Crippen molar-refractivity contribution in [2.45, 2.75) is 64.3 Å². The largest absolute Gasteiger partial charge is 0.479 e. The molecule has 12 nitrogen and oxygen atoms in total. The van der Waals surface area contributed by atoms with Crippen LogP contribution in [0, 0.1) is 0 Å². The van der Waals surface area contributed by atoms with Gasteiger partial charge in [0.25, 0.3) is 0 Å². The number of imidazole rings is 1. The molecule has 1 unspecified atom stereocenters. The zero-order chi connectivity index (χ0) is 33.9. The van der Waals surface area contributed by atoms with E-state index in [1.165, 1.54) is 30.9 Å². The monoisotopic (exact) mass is 638 g/mol. The van der Waals surface area contributed by atoms with Crippen LogP contribution in [0.15, 0.2) is 85.5 Å². The molecular weight excluding hydrogens is 600 g/mol. The molecule has 2 atom stereocenters. The molecule has 0 aliphatic carbocycles.